The first-order valence-electron chi connectivity index (χ1n) is 11.0. The lowest BCUT2D eigenvalue weighted by Gasteiger charge is -2.56. The molecule has 1 aliphatic heterocycles. The highest BCUT2D eigenvalue weighted by atomic mass is 35.5. The van der Waals surface area contributed by atoms with Crippen LogP contribution < -0.4 is 15.4 Å². The van der Waals surface area contributed by atoms with Crippen LogP contribution in [-0.2, 0) is 0 Å². The van der Waals surface area contributed by atoms with E-state index in [1.807, 2.05) is 12.1 Å². The van der Waals surface area contributed by atoms with Crippen LogP contribution in [0.25, 0.3) is 0 Å². The zero-order chi connectivity index (χ0) is 19.1. The average Bonchev–Trinajstić information content (AvgIpc) is 2.66. The molecule has 4 nitrogen and oxygen atoms in total. The molecule has 152 valence electrons. The quantitative estimate of drug-likeness (QED) is 0.766. The van der Waals surface area contributed by atoms with Gasteiger partial charge in [0.05, 0.1) is 10.6 Å². The van der Waals surface area contributed by atoms with Crippen molar-refractivity contribution in [3.05, 3.63) is 28.8 Å². The Labute approximate surface area is 172 Å². The van der Waals surface area contributed by atoms with Gasteiger partial charge in [-0.2, -0.15) is 0 Å². The summed E-state index contributed by atoms with van der Waals surface area (Å²) in [7, 11) is 0. The summed E-state index contributed by atoms with van der Waals surface area (Å²) in [5.74, 6) is 3.40. The number of carbonyl (C=O) groups excluding carboxylic acids is 1. The number of amides is 1. The molecule has 1 atom stereocenters. The van der Waals surface area contributed by atoms with E-state index < -0.39 is 0 Å². The molecule has 1 unspecified atom stereocenters. The summed E-state index contributed by atoms with van der Waals surface area (Å²) in [6.07, 6.45) is 10.5. The number of rotatable bonds is 5. The smallest absolute Gasteiger partial charge is 0.252 e. The van der Waals surface area contributed by atoms with E-state index in [2.05, 4.69) is 10.6 Å². The number of hydrogen-bond acceptors (Lipinski definition) is 3. The van der Waals surface area contributed by atoms with Crippen molar-refractivity contribution in [2.24, 2.45) is 23.2 Å². The Balaban J connectivity index is 1.21. The first kappa shape index (κ1) is 18.7. The van der Waals surface area contributed by atoms with Crippen LogP contribution >= 0.6 is 11.6 Å². The van der Waals surface area contributed by atoms with Gasteiger partial charge in [0, 0.05) is 13.1 Å². The van der Waals surface area contributed by atoms with Crippen molar-refractivity contribution in [1.82, 2.24) is 10.6 Å². The molecule has 0 radical (unpaired) electrons. The average molecular weight is 403 g/mol. The van der Waals surface area contributed by atoms with E-state index in [4.69, 9.17) is 16.3 Å². The number of hydrogen-bond donors (Lipinski definition) is 2. The normalized spacial score (nSPS) is 36.3. The summed E-state index contributed by atoms with van der Waals surface area (Å²) >= 11 is 6.44. The summed E-state index contributed by atoms with van der Waals surface area (Å²) in [5.41, 5.74) is 0.897. The van der Waals surface area contributed by atoms with Gasteiger partial charge in [-0.3, -0.25) is 4.79 Å². The fraction of sp³-hybridized carbons (Fsp3) is 0.696. The largest absolute Gasteiger partial charge is 0.489 e. The molecule has 1 aromatic rings. The number of benzene rings is 1. The van der Waals surface area contributed by atoms with Crippen LogP contribution in [0, 0.1) is 23.2 Å². The Kier molecular flexibility index (Phi) is 5.04. The fourth-order valence-electron chi connectivity index (χ4n) is 6.74. The molecular weight excluding hydrogens is 372 g/mol. The highest BCUT2D eigenvalue weighted by Crippen LogP contribution is 2.59. The predicted octanol–water partition coefficient (Wildman–Crippen LogP) is 4.42. The molecule has 1 amide bonds. The van der Waals surface area contributed by atoms with Crippen molar-refractivity contribution in [3.63, 3.8) is 0 Å². The SMILES string of the molecule is O=C(NCC12CC3CC(CC(C3)C1)C2)c1ccc(OC2CCCNC2)cc1Cl. The molecule has 5 heteroatoms. The van der Waals surface area contributed by atoms with E-state index in [1.54, 1.807) is 6.07 Å². The highest BCUT2D eigenvalue weighted by molar-refractivity contribution is 6.34. The van der Waals surface area contributed by atoms with E-state index in [9.17, 15) is 4.79 Å². The summed E-state index contributed by atoms with van der Waals surface area (Å²) < 4.78 is 6.02. The second-order valence-electron chi connectivity index (χ2n) is 9.83. The van der Waals surface area contributed by atoms with Crippen LogP contribution in [0.5, 0.6) is 5.75 Å². The predicted molar refractivity (Wildman–Crippen MR) is 111 cm³/mol. The Hall–Kier alpha value is -1.26. The van der Waals surface area contributed by atoms with Gasteiger partial charge in [0.2, 0.25) is 0 Å². The van der Waals surface area contributed by atoms with E-state index in [0.29, 0.717) is 16.0 Å². The lowest BCUT2D eigenvalue weighted by molar-refractivity contribution is -0.0503. The Morgan fingerprint density at radius 2 is 1.89 bits per heavy atom. The van der Waals surface area contributed by atoms with Gasteiger partial charge in [-0.15, -0.1) is 0 Å². The molecule has 0 spiro atoms. The molecule has 4 aliphatic carbocycles. The third kappa shape index (κ3) is 3.78. The standard InChI is InChI=1S/C23H31ClN2O2/c24-21-9-18(28-19-2-1-5-25-13-19)3-4-20(21)22(27)26-14-23-10-15-6-16(11-23)8-17(7-15)12-23/h3-4,9,15-17,19,25H,1-2,5-8,10-14H2,(H,26,27). The molecule has 1 heterocycles. The molecule has 2 N–H and O–H groups in total. The minimum atomic E-state index is -0.0494. The fourth-order valence-corrected chi connectivity index (χ4v) is 6.99. The monoisotopic (exact) mass is 402 g/mol. The number of ether oxygens (including phenoxy) is 1. The maximum absolute atomic E-state index is 12.8. The number of piperidine rings is 1. The second kappa shape index (κ2) is 7.53. The molecule has 6 rings (SSSR count). The molecule has 1 aromatic carbocycles. The third-order valence-corrected chi connectivity index (χ3v) is 7.84. The van der Waals surface area contributed by atoms with Gasteiger partial charge in [-0.25, -0.2) is 0 Å². The molecule has 5 fully saturated rings. The van der Waals surface area contributed by atoms with E-state index >= 15 is 0 Å². The molecule has 5 aliphatic rings. The Bertz CT molecular complexity index is 709. The Morgan fingerprint density at radius 1 is 1.18 bits per heavy atom. The van der Waals surface area contributed by atoms with Crippen molar-refractivity contribution in [2.75, 3.05) is 19.6 Å². The van der Waals surface area contributed by atoms with Gasteiger partial charge in [0.1, 0.15) is 11.9 Å². The summed E-state index contributed by atoms with van der Waals surface area (Å²) in [6, 6.07) is 5.47. The lowest BCUT2D eigenvalue weighted by atomic mass is 9.49. The van der Waals surface area contributed by atoms with Crippen LogP contribution in [0.15, 0.2) is 18.2 Å². The van der Waals surface area contributed by atoms with Crippen molar-refractivity contribution >= 4 is 17.5 Å². The minimum Gasteiger partial charge on any atom is -0.489 e. The van der Waals surface area contributed by atoms with Gasteiger partial charge in [0.25, 0.3) is 5.91 Å². The topological polar surface area (TPSA) is 50.4 Å². The van der Waals surface area contributed by atoms with Crippen LogP contribution in [0.4, 0.5) is 0 Å². The van der Waals surface area contributed by atoms with Gasteiger partial charge in [0.15, 0.2) is 0 Å². The van der Waals surface area contributed by atoms with E-state index in [0.717, 1.165) is 56.0 Å². The van der Waals surface area contributed by atoms with Gasteiger partial charge in [-0.05, 0) is 99.3 Å². The van der Waals surface area contributed by atoms with Crippen LogP contribution in [0.2, 0.25) is 5.02 Å². The second-order valence-corrected chi connectivity index (χ2v) is 10.2. The molecular formula is C23H31ClN2O2. The van der Waals surface area contributed by atoms with Crippen molar-refractivity contribution < 1.29 is 9.53 Å². The molecule has 4 saturated carbocycles. The third-order valence-electron chi connectivity index (χ3n) is 7.53. The maximum atomic E-state index is 12.8. The molecule has 1 saturated heterocycles. The van der Waals surface area contributed by atoms with Gasteiger partial charge in [-0.1, -0.05) is 11.6 Å². The Morgan fingerprint density at radius 3 is 2.50 bits per heavy atom. The van der Waals surface area contributed by atoms with Crippen LogP contribution in [0.1, 0.15) is 61.7 Å². The minimum absolute atomic E-state index is 0.0494. The maximum Gasteiger partial charge on any atom is 0.252 e. The number of halogens is 1. The highest BCUT2D eigenvalue weighted by Gasteiger charge is 2.50. The van der Waals surface area contributed by atoms with Crippen LogP contribution in [-0.4, -0.2) is 31.6 Å². The first-order chi connectivity index (χ1) is 13.6. The van der Waals surface area contributed by atoms with Crippen molar-refractivity contribution in [2.45, 2.75) is 57.5 Å². The molecule has 4 bridgehead atoms. The zero-order valence-electron chi connectivity index (χ0n) is 16.5. The van der Waals surface area contributed by atoms with Crippen LogP contribution in [0.3, 0.4) is 0 Å². The molecule has 0 aromatic heterocycles. The van der Waals surface area contributed by atoms with E-state index in [-0.39, 0.29) is 12.0 Å². The van der Waals surface area contributed by atoms with E-state index in [1.165, 1.54) is 38.5 Å². The number of nitrogens with one attached hydrogen (secondary N) is 2. The lowest BCUT2D eigenvalue weighted by Crippen LogP contribution is -2.51. The van der Waals surface area contributed by atoms with Crippen molar-refractivity contribution in [3.8, 4) is 5.75 Å². The van der Waals surface area contributed by atoms with Gasteiger partial charge >= 0.3 is 0 Å². The molecule has 28 heavy (non-hydrogen) atoms. The summed E-state index contributed by atoms with van der Waals surface area (Å²) in [5, 5.41) is 7.05. The van der Waals surface area contributed by atoms with Gasteiger partial charge < -0.3 is 15.4 Å². The van der Waals surface area contributed by atoms with Crippen molar-refractivity contribution in [1.29, 1.82) is 0 Å². The zero-order valence-corrected chi connectivity index (χ0v) is 17.3. The first-order valence-corrected chi connectivity index (χ1v) is 11.4. The number of carbonyl (C=O) groups is 1. The summed E-state index contributed by atoms with van der Waals surface area (Å²) in [4.78, 5) is 12.8. The summed E-state index contributed by atoms with van der Waals surface area (Å²) in [6.45, 7) is 2.73.